The van der Waals surface area contributed by atoms with Gasteiger partial charge in [0.05, 0.1) is 18.7 Å². The fraction of sp³-hybridized carbons (Fsp3) is 0.818. The summed E-state index contributed by atoms with van der Waals surface area (Å²) in [6.07, 6.45) is 1.32. The first-order valence-corrected chi connectivity index (χ1v) is 5.54. The predicted octanol–water partition coefficient (Wildman–Crippen LogP) is 0.132. The Morgan fingerprint density at radius 1 is 1.31 bits per heavy atom. The van der Waals surface area contributed by atoms with Gasteiger partial charge in [-0.05, 0) is 12.8 Å². The van der Waals surface area contributed by atoms with E-state index in [4.69, 9.17) is 0 Å². The van der Waals surface area contributed by atoms with Crippen LogP contribution in [-0.4, -0.2) is 47.6 Å². The molecule has 0 fully saturated rings. The Balaban J connectivity index is 4.36. The maximum atomic E-state index is 11.6. The van der Waals surface area contributed by atoms with Gasteiger partial charge in [0.2, 0.25) is 11.8 Å². The monoisotopic (exact) mass is 230 g/mol. The molecule has 0 aromatic heterocycles. The van der Waals surface area contributed by atoms with Gasteiger partial charge in [-0.15, -0.1) is 0 Å². The summed E-state index contributed by atoms with van der Waals surface area (Å²) < 4.78 is 0. The number of carbonyl (C=O) groups excluding carboxylic acids is 2. The number of nitrogens with one attached hydrogen (secondary N) is 1. The topological polar surface area (TPSA) is 69.6 Å². The summed E-state index contributed by atoms with van der Waals surface area (Å²) in [5.74, 6) is -0.395. The number of aliphatic hydroxyl groups is 1. The van der Waals surface area contributed by atoms with Gasteiger partial charge in [0.15, 0.2) is 0 Å². The minimum Gasteiger partial charge on any atom is -0.394 e. The number of hydrogen-bond donors (Lipinski definition) is 2. The van der Waals surface area contributed by atoms with Crippen LogP contribution in [0, 0.1) is 0 Å². The lowest BCUT2D eigenvalue weighted by Crippen LogP contribution is -2.53. The van der Waals surface area contributed by atoms with Crippen LogP contribution < -0.4 is 5.32 Å². The highest BCUT2D eigenvalue weighted by atomic mass is 16.3. The lowest BCUT2D eigenvalue weighted by Gasteiger charge is -2.31. The van der Waals surface area contributed by atoms with E-state index in [1.165, 1.54) is 11.8 Å². The summed E-state index contributed by atoms with van der Waals surface area (Å²) in [4.78, 5) is 23.9. The van der Waals surface area contributed by atoms with Crippen molar-refractivity contribution in [3.05, 3.63) is 0 Å². The van der Waals surface area contributed by atoms with Gasteiger partial charge in [0, 0.05) is 14.0 Å². The van der Waals surface area contributed by atoms with Crippen molar-refractivity contribution in [2.24, 2.45) is 0 Å². The molecule has 5 heteroatoms. The smallest absolute Gasteiger partial charge is 0.240 e. The van der Waals surface area contributed by atoms with Crippen LogP contribution in [-0.2, 0) is 9.59 Å². The van der Waals surface area contributed by atoms with E-state index in [-0.39, 0.29) is 25.0 Å². The van der Waals surface area contributed by atoms with E-state index < -0.39 is 5.54 Å². The van der Waals surface area contributed by atoms with Crippen molar-refractivity contribution in [2.45, 2.75) is 39.2 Å². The van der Waals surface area contributed by atoms with Gasteiger partial charge in [0.25, 0.3) is 0 Å². The number of carbonyl (C=O) groups is 2. The van der Waals surface area contributed by atoms with Gasteiger partial charge in [-0.2, -0.15) is 0 Å². The highest BCUT2D eigenvalue weighted by Crippen LogP contribution is 2.13. The van der Waals surface area contributed by atoms with Gasteiger partial charge < -0.3 is 15.3 Å². The van der Waals surface area contributed by atoms with Crippen LogP contribution in [0.4, 0.5) is 0 Å². The van der Waals surface area contributed by atoms with Gasteiger partial charge in [-0.25, -0.2) is 0 Å². The van der Waals surface area contributed by atoms with Crippen molar-refractivity contribution in [2.75, 3.05) is 20.2 Å². The first kappa shape index (κ1) is 14.9. The fourth-order valence-corrected chi connectivity index (χ4v) is 1.35. The van der Waals surface area contributed by atoms with E-state index in [9.17, 15) is 14.7 Å². The number of nitrogens with zero attached hydrogens (tertiary/aromatic N) is 1. The van der Waals surface area contributed by atoms with E-state index in [1.54, 1.807) is 7.05 Å². The van der Waals surface area contributed by atoms with Crippen LogP contribution >= 0.6 is 0 Å². The normalized spacial score (nSPS) is 11.1. The van der Waals surface area contributed by atoms with Crippen LogP contribution in [0.15, 0.2) is 0 Å². The average Bonchev–Trinajstić information content (AvgIpc) is 2.26. The second-order valence-electron chi connectivity index (χ2n) is 4.07. The molecule has 0 bridgehead atoms. The lowest BCUT2D eigenvalue weighted by molar-refractivity contribution is -0.134. The molecule has 16 heavy (non-hydrogen) atoms. The molecular formula is C11H22N2O3. The van der Waals surface area contributed by atoms with Crippen LogP contribution in [0.2, 0.25) is 0 Å². The Labute approximate surface area is 96.8 Å². The second kappa shape index (κ2) is 6.48. The Kier molecular flexibility index (Phi) is 6.03. The van der Waals surface area contributed by atoms with E-state index in [1.807, 2.05) is 13.8 Å². The minimum absolute atomic E-state index is 0.0249. The maximum Gasteiger partial charge on any atom is 0.240 e. The number of aliphatic hydroxyl groups excluding tert-OH is 1. The molecule has 0 aliphatic rings. The third kappa shape index (κ3) is 4.18. The summed E-state index contributed by atoms with van der Waals surface area (Å²) in [6, 6.07) is 0. The summed E-state index contributed by atoms with van der Waals surface area (Å²) in [7, 11) is 1.57. The van der Waals surface area contributed by atoms with E-state index in [0.717, 1.165) is 0 Å². The molecular weight excluding hydrogens is 208 g/mol. The quantitative estimate of drug-likeness (QED) is 0.681. The first-order chi connectivity index (χ1) is 7.40. The van der Waals surface area contributed by atoms with Crippen molar-refractivity contribution in [1.29, 1.82) is 0 Å². The van der Waals surface area contributed by atoms with Gasteiger partial charge >= 0.3 is 0 Å². The molecule has 2 N–H and O–H groups in total. The van der Waals surface area contributed by atoms with Crippen LogP contribution in [0.1, 0.15) is 33.6 Å². The summed E-state index contributed by atoms with van der Waals surface area (Å²) in [5, 5.41) is 12.1. The second-order valence-corrected chi connectivity index (χ2v) is 4.07. The van der Waals surface area contributed by atoms with Crippen molar-refractivity contribution < 1.29 is 14.7 Å². The zero-order valence-electron chi connectivity index (χ0n) is 10.5. The van der Waals surface area contributed by atoms with E-state index in [0.29, 0.717) is 12.8 Å². The predicted molar refractivity (Wildman–Crippen MR) is 61.9 cm³/mol. The van der Waals surface area contributed by atoms with Gasteiger partial charge in [-0.3, -0.25) is 9.59 Å². The van der Waals surface area contributed by atoms with E-state index >= 15 is 0 Å². The zero-order chi connectivity index (χ0) is 12.8. The van der Waals surface area contributed by atoms with Crippen molar-refractivity contribution >= 4 is 11.8 Å². The van der Waals surface area contributed by atoms with Crippen molar-refractivity contribution in [3.63, 3.8) is 0 Å². The SMILES string of the molecule is CCC(CC)(CO)NC(=O)CN(C)C(C)=O. The molecule has 0 spiro atoms. The minimum atomic E-state index is -0.561. The van der Waals surface area contributed by atoms with Crippen molar-refractivity contribution in [3.8, 4) is 0 Å². The van der Waals surface area contributed by atoms with Gasteiger partial charge in [-0.1, -0.05) is 13.8 Å². The molecule has 0 heterocycles. The van der Waals surface area contributed by atoms with E-state index in [2.05, 4.69) is 5.32 Å². The molecule has 0 saturated heterocycles. The lowest BCUT2D eigenvalue weighted by atomic mass is 9.94. The van der Waals surface area contributed by atoms with Crippen LogP contribution in [0.25, 0.3) is 0 Å². The summed E-state index contributed by atoms with van der Waals surface area (Å²) in [6.45, 7) is 5.17. The highest BCUT2D eigenvalue weighted by Gasteiger charge is 2.27. The molecule has 0 unspecified atom stereocenters. The Morgan fingerprint density at radius 2 is 1.81 bits per heavy atom. The number of hydrogen-bond acceptors (Lipinski definition) is 3. The molecule has 0 aliphatic heterocycles. The maximum absolute atomic E-state index is 11.6. The Bertz CT molecular complexity index is 241. The van der Waals surface area contributed by atoms with Crippen LogP contribution in [0.3, 0.4) is 0 Å². The Morgan fingerprint density at radius 3 is 2.12 bits per heavy atom. The zero-order valence-corrected chi connectivity index (χ0v) is 10.5. The molecule has 2 amide bonds. The molecule has 0 rings (SSSR count). The third-order valence-corrected chi connectivity index (χ3v) is 2.98. The molecule has 5 nitrogen and oxygen atoms in total. The van der Waals surface area contributed by atoms with Crippen LogP contribution in [0.5, 0.6) is 0 Å². The molecule has 0 saturated carbocycles. The number of rotatable bonds is 6. The highest BCUT2D eigenvalue weighted by molar-refractivity contribution is 5.84. The standard InChI is InChI=1S/C11H22N2O3/c1-5-11(6-2,8-14)12-10(16)7-13(4)9(3)15/h14H,5-8H2,1-4H3,(H,12,16). The fourth-order valence-electron chi connectivity index (χ4n) is 1.35. The third-order valence-electron chi connectivity index (χ3n) is 2.98. The molecule has 0 aromatic carbocycles. The molecule has 94 valence electrons. The number of amides is 2. The summed E-state index contributed by atoms with van der Waals surface area (Å²) in [5.41, 5.74) is -0.561. The average molecular weight is 230 g/mol. The van der Waals surface area contributed by atoms with Crippen molar-refractivity contribution in [1.82, 2.24) is 10.2 Å². The first-order valence-electron chi connectivity index (χ1n) is 5.54. The molecule has 0 aliphatic carbocycles. The molecule has 0 atom stereocenters. The largest absolute Gasteiger partial charge is 0.394 e. The number of likely N-dealkylation sites (N-methyl/N-ethyl adjacent to an activating group) is 1. The Hall–Kier alpha value is -1.10. The molecule has 0 aromatic rings. The summed E-state index contributed by atoms with van der Waals surface area (Å²) >= 11 is 0. The van der Waals surface area contributed by atoms with Gasteiger partial charge in [0.1, 0.15) is 0 Å². The molecule has 0 radical (unpaired) electrons.